The zero-order valence-electron chi connectivity index (χ0n) is 49.8. The fraction of sp³-hybridized carbons (Fsp3) is 0.590. The Hall–Kier alpha value is -6.46. The lowest BCUT2D eigenvalue weighted by Crippen LogP contribution is -2.53. The van der Waals surface area contributed by atoms with Crippen LogP contribution in [0.25, 0.3) is 0 Å². The number of rotatable bonds is 23. The van der Waals surface area contributed by atoms with Crippen LogP contribution in [0.1, 0.15) is 123 Å². The van der Waals surface area contributed by atoms with Gasteiger partial charge in [-0.3, -0.25) is 39.0 Å². The number of hydrogen-bond donors (Lipinski definition) is 5. The number of nitrogens with zero attached hydrogens (tertiary/aromatic N) is 2. The third-order valence-electron chi connectivity index (χ3n) is 16.4. The van der Waals surface area contributed by atoms with E-state index in [0.29, 0.717) is 60.5 Å². The van der Waals surface area contributed by atoms with E-state index in [9.17, 15) is 43.5 Å². The molecule has 0 saturated carbocycles. The molecule has 1 unspecified atom stereocenters. The monoisotopic (exact) mass is 1210 g/mol. The van der Waals surface area contributed by atoms with Crippen LogP contribution >= 0.6 is 23.8 Å². The SMILES string of the molecule is COc1cc(NC(=O)O[C@H]2CC(=O)N(C)c3cc(cc(OC)c3Cl)C/C(C)=C/C=C/[C@@H](OC)[C@]3(O)CC(=O)O[C@@H](C3)[C@@H](C)[C@@H]3O[C@@]23C)ccc1CC(=O)[C@H](CCCNC(N)=O)NC(=O)[C@@H](CC(=S)CCCCCN1C(=O)CC(C)C1=O)C(C)C. The Kier molecular flexibility index (Phi) is 23.5. The van der Waals surface area contributed by atoms with Gasteiger partial charge in [-0.1, -0.05) is 87.8 Å². The molecule has 2 aromatic carbocycles. The maximum atomic E-state index is 14.5. The molecule has 7 amide bonds. The van der Waals surface area contributed by atoms with E-state index in [4.69, 9.17) is 58.0 Å². The molecule has 0 radical (unpaired) electrons. The highest BCUT2D eigenvalue weighted by atomic mass is 35.5. The summed E-state index contributed by atoms with van der Waals surface area (Å²) in [7, 11) is 5.87. The first-order valence-electron chi connectivity index (χ1n) is 28.7. The number of imide groups is 1. The predicted molar refractivity (Wildman–Crippen MR) is 319 cm³/mol. The van der Waals surface area contributed by atoms with Crippen LogP contribution in [0.2, 0.25) is 5.02 Å². The number of ketones is 1. The molecule has 4 heterocycles. The van der Waals surface area contributed by atoms with Gasteiger partial charge in [0.05, 0.1) is 44.9 Å². The number of anilines is 2. The minimum atomic E-state index is -1.65. The highest BCUT2D eigenvalue weighted by Crippen LogP contribution is 2.50. The first-order chi connectivity index (χ1) is 39.7. The number of carbonyl (C=O) groups excluding carboxylic acids is 8. The number of hydrogen-bond acceptors (Lipinski definition) is 16. The van der Waals surface area contributed by atoms with Gasteiger partial charge in [0, 0.05) is 81.6 Å². The predicted octanol–water partition coefficient (Wildman–Crippen LogP) is 7.66. The van der Waals surface area contributed by atoms with Gasteiger partial charge >= 0.3 is 18.1 Å². The maximum absolute atomic E-state index is 14.5. The summed E-state index contributed by atoms with van der Waals surface area (Å²) in [5.74, 6) is -3.12. The Labute approximate surface area is 502 Å². The topological polar surface area (TPSA) is 284 Å². The van der Waals surface area contributed by atoms with Crippen molar-refractivity contribution in [2.45, 2.75) is 167 Å². The second-order valence-corrected chi connectivity index (χ2v) is 24.1. The Morgan fingerprint density at radius 2 is 1.70 bits per heavy atom. The number of methoxy groups -OCH3 is 3. The quantitative estimate of drug-likeness (QED) is 0.0235. The number of urea groups is 1. The molecule has 0 spiro atoms. The van der Waals surface area contributed by atoms with Gasteiger partial charge in [-0.25, -0.2) is 9.59 Å². The molecule has 4 bridgehead atoms. The average molecular weight is 1210 g/mol. The molecule has 4 aliphatic heterocycles. The summed E-state index contributed by atoms with van der Waals surface area (Å²) in [5, 5.41) is 20.4. The zero-order valence-corrected chi connectivity index (χ0v) is 51.4. The number of aliphatic hydroxyl groups is 1. The van der Waals surface area contributed by atoms with Gasteiger partial charge in [-0.15, -0.1) is 0 Å². The fourth-order valence-electron chi connectivity index (χ4n) is 11.4. The average Bonchev–Trinajstić information content (AvgIpc) is 1.67. The highest BCUT2D eigenvalue weighted by molar-refractivity contribution is 7.80. The van der Waals surface area contributed by atoms with Crippen LogP contribution in [0.5, 0.6) is 11.5 Å². The van der Waals surface area contributed by atoms with Gasteiger partial charge in [0.1, 0.15) is 46.0 Å². The van der Waals surface area contributed by atoms with Crippen LogP contribution in [0.4, 0.5) is 21.0 Å². The summed E-state index contributed by atoms with van der Waals surface area (Å²) in [6.45, 7) is 11.5. The van der Waals surface area contributed by atoms with Crippen LogP contribution < -0.4 is 36.1 Å². The molecule has 2 aromatic rings. The van der Waals surface area contributed by atoms with E-state index < -0.39 is 83.9 Å². The molecule has 0 aliphatic carbocycles. The number of amides is 7. The number of halogens is 1. The summed E-state index contributed by atoms with van der Waals surface area (Å²) in [6.07, 6.45) is 3.85. The van der Waals surface area contributed by atoms with E-state index in [-0.39, 0.29) is 90.4 Å². The molecule has 460 valence electrons. The van der Waals surface area contributed by atoms with Crippen molar-refractivity contribution in [3.05, 3.63) is 70.3 Å². The summed E-state index contributed by atoms with van der Waals surface area (Å²) in [5.41, 5.74) is 5.01. The van der Waals surface area contributed by atoms with Crippen molar-refractivity contribution in [3.8, 4) is 11.5 Å². The number of esters is 1. The van der Waals surface area contributed by atoms with E-state index in [1.807, 2.05) is 26.8 Å². The van der Waals surface area contributed by atoms with Crippen molar-refractivity contribution in [2.75, 3.05) is 51.7 Å². The molecule has 4 aliphatic rings. The first-order valence-corrected chi connectivity index (χ1v) is 29.5. The number of epoxide rings is 1. The van der Waals surface area contributed by atoms with Crippen molar-refractivity contribution < 1.29 is 71.9 Å². The number of primary amides is 1. The Morgan fingerprint density at radius 3 is 2.36 bits per heavy atom. The molecule has 6 rings (SSSR count). The van der Waals surface area contributed by atoms with E-state index in [2.05, 4.69) is 16.0 Å². The number of fused-ring (bicyclic) bond motifs is 5. The normalized spacial score (nSPS) is 26.2. The smallest absolute Gasteiger partial charge is 0.412 e. The van der Waals surface area contributed by atoms with Crippen molar-refractivity contribution in [1.29, 1.82) is 0 Å². The molecule has 0 aromatic heterocycles. The van der Waals surface area contributed by atoms with Gasteiger partial charge in [0.15, 0.2) is 5.78 Å². The van der Waals surface area contributed by atoms with E-state index in [1.165, 1.54) is 37.2 Å². The Morgan fingerprint density at radius 1 is 0.976 bits per heavy atom. The third-order valence-corrected chi connectivity index (χ3v) is 17.2. The van der Waals surface area contributed by atoms with Crippen molar-refractivity contribution >= 4 is 87.6 Å². The van der Waals surface area contributed by atoms with Crippen LogP contribution in [0, 0.1) is 23.7 Å². The number of benzene rings is 2. The number of carbonyl (C=O) groups is 8. The van der Waals surface area contributed by atoms with Gasteiger partial charge in [0.2, 0.25) is 23.6 Å². The van der Waals surface area contributed by atoms with E-state index >= 15 is 0 Å². The number of likely N-dealkylation sites (tertiary alicyclic amines) is 1. The summed E-state index contributed by atoms with van der Waals surface area (Å²) in [4.78, 5) is 110. The van der Waals surface area contributed by atoms with Crippen LogP contribution in [0.15, 0.2) is 54.1 Å². The summed E-state index contributed by atoms with van der Waals surface area (Å²) in [6, 6.07) is 6.48. The van der Waals surface area contributed by atoms with E-state index in [1.54, 1.807) is 64.2 Å². The molecular formula is C61H83ClN6O15S. The number of ether oxygens (including phenoxy) is 6. The number of Topliss-reactive ketones (excluding diaryl/α,β-unsaturated/α-hetero) is 1. The molecule has 21 nitrogen and oxygen atoms in total. The number of allylic oxidation sites excluding steroid dienone is 3. The van der Waals surface area contributed by atoms with Gasteiger partial charge < -0.3 is 54.8 Å². The van der Waals surface area contributed by atoms with Gasteiger partial charge in [0.25, 0.3) is 0 Å². The molecule has 84 heavy (non-hydrogen) atoms. The second kappa shape index (κ2) is 29.6. The lowest BCUT2D eigenvalue weighted by Gasteiger charge is -2.41. The van der Waals surface area contributed by atoms with Gasteiger partial charge in [-0.05, 0) is 93.3 Å². The second-order valence-electron chi connectivity index (χ2n) is 23.2. The Balaban J connectivity index is 1.17. The number of nitrogens with two attached hydrogens (primary N) is 1. The summed E-state index contributed by atoms with van der Waals surface area (Å²) < 4.78 is 35.4. The third kappa shape index (κ3) is 17.1. The van der Waals surface area contributed by atoms with Crippen LogP contribution in [-0.2, 0) is 60.6 Å². The molecule has 23 heteroatoms. The standard InChI is InChI=1S/C61H83ClN6O15S/c1-34(2)42(30-41(84)17-12-11-13-23-68-52(71)25-36(4)57(68)74)56(73)66-43(18-15-22-64-58(63)75)45(69)28-39-20-21-40(29-46(39)78-8)65-59(76)82-50-31-51(70)67(7)44-26-38(27-47(79-9)54(44)62)24-35(3)16-14-19-49(80-10)61(77)32-48(81-53(72)33-61)37(5)55-60(50,6)83-55/h14,16,19-21,26-27,29,34,36-37,42-43,48-50,55,77H,11-13,15,17-18,22-25,28,30-33H2,1-10H3,(H,65,76)(H,66,73)(H3,63,64,75)/b19-14+,35-16+/t36?,37-,42+,43+,48+,49-,50+,55+,60+,61-/m1/s1. The molecule has 6 N–H and O–H groups in total. The van der Waals surface area contributed by atoms with Crippen LogP contribution in [0.3, 0.4) is 0 Å². The van der Waals surface area contributed by atoms with Crippen LogP contribution in [-0.4, -0.2) is 146 Å². The lowest BCUT2D eigenvalue weighted by atomic mass is 9.78. The molecule has 10 atom stereocenters. The molecule has 3 fully saturated rings. The number of unbranched alkanes of at least 4 members (excludes halogenated alkanes) is 2. The first kappa shape index (κ1) is 66.7. The van der Waals surface area contributed by atoms with Gasteiger partial charge in [-0.2, -0.15) is 0 Å². The number of thiocarbonyl (C=S) groups is 1. The van der Waals surface area contributed by atoms with Crippen molar-refractivity contribution in [2.24, 2.45) is 29.4 Å². The van der Waals surface area contributed by atoms with Crippen molar-refractivity contribution in [3.63, 3.8) is 0 Å². The molecule has 3 saturated heterocycles. The number of nitrogens with one attached hydrogen (secondary N) is 3. The minimum Gasteiger partial charge on any atom is -0.496 e. The minimum absolute atomic E-state index is 0.000601. The maximum Gasteiger partial charge on any atom is 0.412 e. The fourth-order valence-corrected chi connectivity index (χ4v) is 12.0. The molecular weight excluding hydrogens is 1120 g/mol. The van der Waals surface area contributed by atoms with Crippen molar-refractivity contribution in [1.82, 2.24) is 15.5 Å². The zero-order chi connectivity index (χ0) is 61.8. The lowest BCUT2D eigenvalue weighted by molar-refractivity contribution is -0.187. The Bertz CT molecular complexity index is 2870. The highest BCUT2D eigenvalue weighted by Gasteiger charge is 2.64. The largest absolute Gasteiger partial charge is 0.496 e. The summed E-state index contributed by atoms with van der Waals surface area (Å²) >= 11 is 12.6. The van der Waals surface area contributed by atoms with E-state index in [0.717, 1.165) is 24.0 Å².